The number of aryl methyl sites for hydroxylation is 1. The molecule has 2 aromatic carbocycles. The van der Waals surface area contributed by atoms with E-state index < -0.39 is 11.9 Å². The predicted octanol–water partition coefficient (Wildman–Crippen LogP) is 1.77. The molecule has 1 saturated heterocycles. The van der Waals surface area contributed by atoms with Crippen molar-refractivity contribution in [2.24, 2.45) is 0 Å². The number of nitrogens with one attached hydrogen (secondary N) is 1. The van der Waals surface area contributed by atoms with Gasteiger partial charge in [0.25, 0.3) is 5.91 Å². The number of piperidine rings is 1. The summed E-state index contributed by atoms with van der Waals surface area (Å²) in [6.45, 7) is 2.71. The zero-order valence-corrected chi connectivity index (χ0v) is 17.4. The average Bonchev–Trinajstić information content (AvgIpc) is 3.34. The van der Waals surface area contributed by atoms with Gasteiger partial charge in [-0.1, -0.05) is 29.0 Å². The average molecular weight is 431 g/mol. The van der Waals surface area contributed by atoms with Crippen molar-refractivity contribution in [1.82, 2.24) is 25.2 Å². The van der Waals surface area contributed by atoms with E-state index in [0.29, 0.717) is 36.3 Å². The van der Waals surface area contributed by atoms with Crippen LogP contribution in [-0.2, 0) is 22.7 Å². The Labute approximate surface area is 183 Å². The summed E-state index contributed by atoms with van der Waals surface area (Å²) in [6.07, 6.45) is 2.33. The molecule has 3 amide bonds. The first-order valence-electron chi connectivity index (χ1n) is 10.4. The van der Waals surface area contributed by atoms with E-state index in [-0.39, 0.29) is 24.0 Å². The number of hydrogen-bond donors (Lipinski definition) is 2. The Morgan fingerprint density at radius 3 is 2.78 bits per heavy atom. The monoisotopic (exact) mass is 431 g/mol. The van der Waals surface area contributed by atoms with Crippen molar-refractivity contribution in [3.8, 4) is 17.0 Å². The van der Waals surface area contributed by atoms with E-state index >= 15 is 0 Å². The summed E-state index contributed by atoms with van der Waals surface area (Å²) in [5, 5.41) is 20.8. The van der Waals surface area contributed by atoms with Gasteiger partial charge in [0.1, 0.15) is 17.5 Å². The number of imide groups is 1. The number of aromatic hydroxyl groups is 1. The molecule has 0 radical (unpaired) electrons. The molecule has 0 aliphatic carbocycles. The predicted molar refractivity (Wildman–Crippen MR) is 113 cm³/mol. The van der Waals surface area contributed by atoms with Gasteiger partial charge >= 0.3 is 0 Å². The van der Waals surface area contributed by atoms with Gasteiger partial charge in [0.05, 0.1) is 12.7 Å². The van der Waals surface area contributed by atoms with Crippen molar-refractivity contribution in [2.75, 3.05) is 0 Å². The van der Waals surface area contributed by atoms with E-state index in [1.165, 1.54) is 4.90 Å². The maximum atomic E-state index is 12.8. The van der Waals surface area contributed by atoms with E-state index in [4.69, 9.17) is 0 Å². The molecule has 3 heterocycles. The fraction of sp³-hybridized carbons (Fsp3) is 0.261. The van der Waals surface area contributed by atoms with Gasteiger partial charge < -0.3 is 10.0 Å². The standard InChI is InChI=1S/C23H21N5O4/c1-13-2-6-20(29)17(8-13)18-12-27(26-25-18)10-14-3-4-16-15(9-14)11-28(23(16)32)19-5-7-21(30)24-22(19)31/h2-4,6,8-9,12,19,29H,5,7,10-11H2,1H3,(H,24,30,31). The summed E-state index contributed by atoms with van der Waals surface area (Å²) >= 11 is 0. The summed E-state index contributed by atoms with van der Waals surface area (Å²) in [7, 11) is 0. The minimum Gasteiger partial charge on any atom is -0.507 e. The second-order valence-electron chi connectivity index (χ2n) is 8.21. The first-order valence-corrected chi connectivity index (χ1v) is 10.4. The van der Waals surface area contributed by atoms with Gasteiger partial charge in [-0.15, -0.1) is 5.10 Å². The number of nitrogens with zero attached hydrogens (tertiary/aromatic N) is 4. The van der Waals surface area contributed by atoms with Gasteiger partial charge in [-0.3, -0.25) is 19.7 Å². The van der Waals surface area contributed by atoms with Crippen LogP contribution in [0.3, 0.4) is 0 Å². The topological polar surface area (TPSA) is 117 Å². The van der Waals surface area contributed by atoms with E-state index in [1.807, 2.05) is 31.2 Å². The number of phenols is 1. The number of carbonyl (C=O) groups is 3. The minimum absolute atomic E-state index is 0.146. The van der Waals surface area contributed by atoms with E-state index in [9.17, 15) is 19.5 Å². The number of amides is 3. The van der Waals surface area contributed by atoms with Crippen LogP contribution in [0.5, 0.6) is 5.75 Å². The lowest BCUT2D eigenvalue weighted by Gasteiger charge is -2.29. The van der Waals surface area contributed by atoms with Crippen LogP contribution in [0.15, 0.2) is 42.6 Å². The number of aromatic nitrogens is 3. The van der Waals surface area contributed by atoms with Crippen LogP contribution in [0.2, 0.25) is 0 Å². The largest absolute Gasteiger partial charge is 0.507 e. The quantitative estimate of drug-likeness (QED) is 0.608. The highest BCUT2D eigenvalue weighted by molar-refractivity contribution is 6.05. The van der Waals surface area contributed by atoms with E-state index in [1.54, 1.807) is 23.0 Å². The molecule has 1 fully saturated rings. The highest BCUT2D eigenvalue weighted by Gasteiger charge is 2.39. The Bertz CT molecular complexity index is 1270. The first-order chi connectivity index (χ1) is 15.4. The molecule has 9 heteroatoms. The third-order valence-corrected chi connectivity index (χ3v) is 5.90. The number of carbonyl (C=O) groups excluding carboxylic acids is 3. The van der Waals surface area contributed by atoms with Crippen LogP contribution >= 0.6 is 0 Å². The normalized spacial score (nSPS) is 18.1. The molecule has 9 nitrogen and oxygen atoms in total. The molecular weight excluding hydrogens is 410 g/mol. The van der Waals surface area contributed by atoms with Gasteiger partial charge in [0.15, 0.2) is 0 Å². The fourth-order valence-corrected chi connectivity index (χ4v) is 4.27. The van der Waals surface area contributed by atoms with Gasteiger partial charge in [-0.05, 0) is 42.7 Å². The molecule has 3 aromatic rings. The van der Waals surface area contributed by atoms with Crippen LogP contribution in [-0.4, -0.2) is 48.8 Å². The van der Waals surface area contributed by atoms with Gasteiger partial charge in [-0.2, -0.15) is 0 Å². The van der Waals surface area contributed by atoms with Gasteiger partial charge in [0, 0.05) is 24.1 Å². The molecule has 2 aliphatic rings. The zero-order valence-electron chi connectivity index (χ0n) is 17.4. The lowest BCUT2D eigenvalue weighted by molar-refractivity contribution is -0.136. The minimum atomic E-state index is -0.629. The Kier molecular flexibility index (Phi) is 4.73. The van der Waals surface area contributed by atoms with E-state index in [0.717, 1.165) is 16.7 Å². The number of rotatable bonds is 4. The molecule has 32 heavy (non-hydrogen) atoms. The van der Waals surface area contributed by atoms with Crippen molar-refractivity contribution in [1.29, 1.82) is 0 Å². The summed E-state index contributed by atoms with van der Waals surface area (Å²) in [6, 6.07) is 10.2. The number of hydrogen-bond acceptors (Lipinski definition) is 6. The highest BCUT2D eigenvalue weighted by Crippen LogP contribution is 2.30. The summed E-state index contributed by atoms with van der Waals surface area (Å²) in [5.41, 5.74) is 4.56. The summed E-state index contributed by atoms with van der Waals surface area (Å²) in [5.74, 6) is -0.771. The SMILES string of the molecule is Cc1ccc(O)c(-c2cn(Cc3ccc4c(c3)CN(C3CCC(=O)NC3=O)C4=O)nn2)c1. The van der Waals surface area contributed by atoms with Crippen LogP contribution in [0, 0.1) is 6.92 Å². The zero-order chi connectivity index (χ0) is 22.4. The molecule has 1 atom stereocenters. The van der Waals surface area contributed by atoms with Crippen molar-refractivity contribution in [2.45, 2.75) is 38.9 Å². The second kappa shape index (κ2) is 7.60. The maximum Gasteiger partial charge on any atom is 0.255 e. The number of fused-ring (bicyclic) bond motifs is 1. The Morgan fingerprint density at radius 1 is 1.12 bits per heavy atom. The lowest BCUT2D eigenvalue weighted by atomic mass is 10.0. The number of benzene rings is 2. The van der Waals surface area contributed by atoms with Crippen molar-refractivity contribution >= 4 is 17.7 Å². The lowest BCUT2D eigenvalue weighted by Crippen LogP contribution is -2.52. The third kappa shape index (κ3) is 3.51. The van der Waals surface area contributed by atoms with E-state index in [2.05, 4.69) is 15.6 Å². The number of phenolic OH excluding ortho intramolecular Hbond substituents is 1. The molecule has 162 valence electrons. The molecule has 1 unspecified atom stereocenters. The molecule has 2 N–H and O–H groups in total. The van der Waals surface area contributed by atoms with Gasteiger partial charge in [0.2, 0.25) is 11.8 Å². The first kappa shape index (κ1) is 19.9. The Hall–Kier alpha value is -4.01. The maximum absolute atomic E-state index is 12.8. The molecule has 1 aromatic heterocycles. The molecular formula is C23H21N5O4. The van der Waals surface area contributed by atoms with Crippen LogP contribution in [0.25, 0.3) is 11.3 Å². The van der Waals surface area contributed by atoms with Crippen LogP contribution < -0.4 is 5.32 Å². The van der Waals surface area contributed by atoms with Crippen molar-refractivity contribution in [3.63, 3.8) is 0 Å². The smallest absolute Gasteiger partial charge is 0.255 e. The summed E-state index contributed by atoms with van der Waals surface area (Å²) < 4.78 is 1.67. The molecule has 2 aliphatic heterocycles. The third-order valence-electron chi connectivity index (χ3n) is 5.90. The van der Waals surface area contributed by atoms with Crippen molar-refractivity contribution in [3.05, 3.63) is 64.8 Å². The molecule has 0 saturated carbocycles. The van der Waals surface area contributed by atoms with Crippen molar-refractivity contribution < 1.29 is 19.5 Å². The molecule has 5 rings (SSSR count). The highest BCUT2D eigenvalue weighted by atomic mass is 16.3. The fourth-order valence-electron chi connectivity index (χ4n) is 4.27. The van der Waals surface area contributed by atoms with Crippen LogP contribution in [0.1, 0.15) is 39.9 Å². The molecule has 0 bridgehead atoms. The van der Waals surface area contributed by atoms with Gasteiger partial charge in [-0.25, -0.2) is 4.68 Å². The Morgan fingerprint density at radius 2 is 1.97 bits per heavy atom. The summed E-state index contributed by atoms with van der Waals surface area (Å²) in [4.78, 5) is 38.0. The Balaban J connectivity index is 1.34. The second-order valence-corrected chi connectivity index (χ2v) is 8.21. The van der Waals surface area contributed by atoms with Crippen LogP contribution in [0.4, 0.5) is 0 Å². The molecule has 0 spiro atoms.